The lowest BCUT2D eigenvalue weighted by molar-refractivity contribution is -0.119. The molecule has 0 fully saturated rings. The summed E-state index contributed by atoms with van der Waals surface area (Å²) in [6.45, 7) is 10.7. The number of nitrogens with one attached hydrogen (secondary N) is 2. The maximum absolute atomic E-state index is 11.8. The number of unbranched alkanes of at least 4 members (excludes halogenated alkanes) is 1. The van der Waals surface area contributed by atoms with Crippen LogP contribution in [0.25, 0.3) is 0 Å². The summed E-state index contributed by atoms with van der Waals surface area (Å²) in [7, 11) is 0. The van der Waals surface area contributed by atoms with Crippen LogP contribution in [-0.4, -0.2) is 11.0 Å². The van der Waals surface area contributed by atoms with E-state index in [9.17, 15) is 4.79 Å². The Labute approximate surface area is 139 Å². The van der Waals surface area contributed by atoms with Gasteiger partial charge in [0.1, 0.15) is 0 Å². The largest absolute Gasteiger partial charge is 0.332 e. The molecule has 1 amide bonds. The summed E-state index contributed by atoms with van der Waals surface area (Å²) < 4.78 is 0. The smallest absolute Gasteiger partial charge is 0.226 e. The highest BCUT2D eigenvalue weighted by atomic mass is 32.1. The molecule has 22 heavy (non-hydrogen) atoms. The maximum Gasteiger partial charge on any atom is 0.226 e. The van der Waals surface area contributed by atoms with Crippen LogP contribution in [0.2, 0.25) is 0 Å². The highest BCUT2D eigenvalue weighted by Gasteiger charge is 2.15. The zero-order valence-electron chi connectivity index (χ0n) is 14.3. The Balaban J connectivity index is 2.91. The van der Waals surface area contributed by atoms with Gasteiger partial charge in [0, 0.05) is 12.1 Å². The number of anilines is 1. The predicted octanol–water partition coefficient (Wildman–Crippen LogP) is 4.94. The minimum absolute atomic E-state index is 0.0209. The fraction of sp³-hybridized carbons (Fsp3) is 0.556. The number of carbonyl (C=O) groups is 1. The molecule has 0 saturated heterocycles. The van der Waals surface area contributed by atoms with Gasteiger partial charge in [0.15, 0.2) is 5.11 Å². The fourth-order valence-corrected chi connectivity index (χ4v) is 2.58. The van der Waals surface area contributed by atoms with Gasteiger partial charge in [-0.1, -0.05) is 59.2 Å². The molecule has 0 aliphatic heterocycles. The molecule has 0 aromatic heterocycles. The molecule has 1 rings (SSSR count). The molecular weight excluding hydrogens is 292 g/mol. The van der Waals surface area contributed by atoms with E-state index in [4.69, 9.17) is 12.2 Å². The second-order valence-electron chi connectivity index (χ2n) is 6.23. The first kappa shape index (κ1) is 18.6. The summed E-state index contributed by atoms with van der Waals surface area (Å²) in [6, 6.07) is 6.31. The first-order valence-electron chi connectivity index (χ1n) is 8.10. The molecule has 0 spiro atoms. The van der Waals surface area contributed by atoms with Gasteiger partial charge in [0.05, 0.1) is 0 Å². The van der Waals surface area contributed by atoms with Crippen LogP contribution in [0, 0.1) is 0 Å². The number of benzene rings is 1. The Morgan fingerprint density at radius 3 is 2.14 bits per heavy atom. The van der Waals surface area contributed by atoms with Gasteiger partial charge < -0.3 is 10.6 Å². The van der Waals surface area contributed by atoms with E-state index in [1.54, 1.807) is 0 Å². The van der Waals surface area contributed by atoms with Crippen molar-refractivity contribution in [2.45, 2.75) is 65.7 Å². The molecule has 0 bridgehead atoms. The minimum Gasteiger partial charge on any atom is -0.332 e. The standard InChI is InChI=1S/C18H28N2OS/c1-6-7-11-16(21)19-18(22)20-17-14(12(2)3)9-8-10-15(17)13(4)5/h8-10,12-13H,6-7,11H2,1-5H3,(H2,19,20,21,22). The van der Waals surface area contributed by atoms with Crippen molar-refractivity contribution >= 4 is 28.9 Å². The molecule has 0 unspecified atom stereocenters. The van der Waals surface area contributed by atoms with Crippen molar-refractivity contribution in [1.82, 2.24) is 5.32 Å². The van der Waals surface area contributed by atoms with E-state index in [0.29, 0.717) is 23.4 Å². The van der Waals surface area contributed by atoms with E-state index in [1.165, 1.54) is 11.1 Å². The normalized spacial score (nSPS) is 10.9. The molecule has 0 saturated carbocycles. The molecule has 1 aromatic rings. The third-order valence-corrected chi connectivity index (χ3v) is 3.83. The number of hydrogen-bond acceptors (Lipinski definition) is 2. The minimum atomic E-state index is -0.0209. The summed E-state index contributed by atoms with van der Waals surface area (Å²) in [5.41, 5.74) is 3.47. The fourth-order valence-electron chi connectivity index (χ4n) is 2.37. The van der Waals surface area contributed by atoms with Gasteiger partial charge in [0.2, 0.25) is 5.91 Å². The van der Waals surface area contributed by atoms with Crippen LogP contribution in [0.3, 0.4) is 0 Å². The van der Waals surface area contributed by atoms with Crippen molar-refractivity contribution in [3.8, 4) is 0 Å². The Morgan fingerprint density at radius 1 is 1.14 bits per heavy atom. The molecular formula is C18H28N2OS. The second kappa shape index (κ2) is 8.89. The topological polar surface area (TPSA) is 41.1 Å². The van der Waals surface area contributed by atoms with E-state index < -0.39 is 0 Å². The molecule has 0 atom stereocenters. The molecule has 0 radical (unpaired) electrons. The van der Waals surface area contributed by atoms with Gasteiger partial charge in [-0.3, -0.25) is 4.79 Å². The number of hydrogen-bond donors (Lipinski definition) is 2. The number of rotatable bonds is 6. The molecule has 0 aliphatic carbocycles. The predicted molar refractivity (Wildman–Crippen MR) is 98.5 cm³/mol. The van der Waals surface area contributed by atoms with Crippen LogP contribution in [0.4, 0.5) is 5.69 Å². The Bertz CT molecular complexity index is 498. The molecule has 4 heteroatoms. The summed E-state index contributed by atoms with van der Waals surface area (Å²) in [5, 5.41) is 6.41. The van der Waals surface area contributed by atoms with Crippen molar-refractivity contribution < 1.29 is 4.79 Å². The zero-order valence-corrected chi connectivity index (χ0v) is 15.1. The first-order chi connectivity index (χ1) is 10.4. The van der Waals surface area contributed by atoms with Crippen LogP contribution in [0.1, 0.15) is 76.8 Å². The monoisotopic (exact) mass is 320 g/mol. The SMILES string of the molecule is CCCCC(=O)NC(=S)Nc1c(C(C)C)cccc1C(C)C. The van der Waals surface area contributed by atoms with Crippen LogP contribution >= 0.6 is 12.2 Å². The number of amides is 1. The lowest BCUT2D eigenvalue weighted by Crippen LogP contribution is -2.34. The highest BCUT2D eigenvalue weighted by Crippen LogP contribution is 2.32. The van der Waals surface area contributed by atoms with Crippen LogP contribution in [0.5, 0.6) is 0 Å². The quantitative estimate of drug-likeness (QED) is 0.730. The Morgan fingerprint density at radius 2 is 1.68 bits per heavy atom. The summed E-state index contributed by atoms with van der Waals surface area (Å²) in [5.74, 6) is 0.757. The molecule has 2 N–H and O–H groups in total. The van der Waals surface area contributed by atoms with Gasteiger partial charge in [-0.25, -0.2) is 0 Å². The molecule has 0 heterocycles. The van der Waals surface area contributed by atoms with E-state index in [2.05, 4.69) is 63.5 Å². The van der Waals surface area contributed by atoms with Gasteiger partial charge in [-0.15, -0.1) is 0 Å². The molecule has 3 nitrogen and oxygen atoms in total. The molecule has 0 aliphatic rings. The lowest BCUT2D eigenvalue weighted by atomic mass is 9.93. The third-order valence-electron chi connectivity index (χ3n) is 3.62. The summed E-state index contributed by atoms with van der Waals surface area (Å²) >= 11 is 5.31. The molecule has 1 aromatic carbocycles. The average molecular weight is 321 g/mol. The van der Waals surface area contributed by atoms with Crippen molar-refractivity contribution in [3.63, 3.8) is 0 Å². The summed E-state index contributed by atoms with van der Waals surface area (Å²) in [4.78, 5) is 11.8. The Kier molecular flexibility index (Phi) is 7.52. The molecule has 122 valence electrons. The van der Waals surface area contributed by atoms with Crippen LogP contribution < -0.4 is 10.6 Å². The van der Waals surface area contributed by atoms with Gasteiger partial charge >= 0.3 is 0 Å². The number of carbonyl (C=O) groups excluding carboxylic acids is 1. The maximum atomic E-state index is 11.8. The number of para-hydroxylation sites is 1. The van der Waals surface area contributed by atoms with E-state index in [0.717, 1.165) is 18.5 Å². The van der Waals surface area contributed by atoms with Crippen LogP contribution in [-0.2, 0) is 4.79 Å². The number of thiocarbonyl (C=S) groups is 1. The van der Waals surface area contributed by atoms with E-state index in [-0.39, 0.29) is 5.91 Å². The third kappa shape index (κ3) is 5.41. The van der Waals surface area contributed by atoms with E-state index in [1.807, 2.05) is 0 Å². The first-order valence-corrected chi connectivity index (χ1v) is 8.51. The van der Waals surface area contributed by atoms with Gasteiger partial charge in [-0.05, 0) is 41.6 Å². The second-order valence-corrected chi connectivity index (χ2v) is 6.63. The lowest BCUT2D eigenvalue weighted by Gasteiger charge is -2.21. The highest BCUT2D eigenvalue weighted by molar-refractivity contribution is 7.80. The van der Waals surface area contributed by atoms with Crippen molar-refractivity contribution in [3.05, 3.63) is 29.3 Å². The van der Waals surface area contributed by atoms with Crippen LogP contribution in [0.15, 0.2) is 18.2 Å². The Hall–Kier alpha value is -1.42. The van der Waals surface area contributed by atoms with Gasteiger partial charge in [-0.2, -0.15) is 0 Å². The zero-order chi connectivity index (χ0) is 16.7. The van der Waals surface area contributed by atoms with E-state index >= 15 is 0 Å². The van der Waals surface area contributed by atoms with Crippen molar-refractivity contribution in [2.75, 3.05) is 5.32 Å². The summed E-state index contributed by atoms with van der Waals surface area (Å²) in [6.07, 6.45) is 2.40. The van der Waals surface area contributed by atoms with Gasteiger partial charge in [0.25, 0.3) is 0 Å². The van der Waals surface area contributed by atoms with Crippen molar-refractivity contribution in [1.29, 1.82) is 0 Å². The van der Waals surface area contributed by atoms with Crippen molar-refractivity contribution in [2.24, 2.45) is 0 Å². The average Bonchev–Trinajstić information content (AvgIpc) is 2.44.